The highest BCUT2D eigenvalue weighted by Crippen LogP contribution is 2.09. The Balaban J connectivity index is 5.62. The van der Waals surface area contributed by atoms with Crippen LogP contribution in [0.1, 0.15) is 58.8 Å². The molecule has 0 bridgehead atoms. The Kier molecular flexibility index (Phi) is 16.2. The lowest BCUT2D eigenvalue weighted by Gasteiger charge is -2.26. The molecule has 212 valence electrons. The van der Waals surface area contributed by atoms with E-state index in [1.165, 1.54) is 0 Å². The number of carboxylic acids is 2. The second-order valence-electron chi connectivity index (χ2n) is 9.09. The Morgan fingerprint density at radius 1 is 0.811 bits per heavy atom. The van der Waals surface area contributed by atoms with Gasteiger partial charge in [-0.05, 0) is 51.0 Å². The molecular weight excluding hydrogens is 488 g/mol. The number of carboxylic acid groups (broad SMARTS) is 2. The molecule has 0 heterocycles. The number of nitrogens with one attached hydrogen (secondary N) is 3. The van der Waals surface area contributed by atoms with Gasteiger partial charge in [0.15, 0.2) is 5.96 Å². The topological polar surface area (TPSA) is 278 Å². The van der Waals surface area contributed by atoms with Gasteiger partial charge in [0.2, 0.25) is 17.7 Å². The Bertz CT molecular complexity index is 802. The SMILES string of the molecule is CC(C)CC(NC(=O)C(N)CC(=O)O)C(=O)NC(CCCN=C(N)N)C(=O)NC(CCCCN)C(=O)O. The summed E-state index contributed by atoms with van der Waals surface area (Å²) in [4.78, 5) is 64.7. The van der Waals surface area contributed by atoms with Crippen LogP contribution in [0.5, 0.6) is 0 Å². The van der Waals surface area contributed by atoms with Crippen LogP contribution in [0.15, 0.2) is 4.99 Å². The van der Waals surface area contributed by atoms with Gasteiger partial charge in [0, 0.05) is 6.54 Å². The van der Waals surface area contributed by atoms with Gasteiger partial charge in [-0.15, -0.1) is 0 Å². The molecule has 0 spiro atoms. The summed E-state index contributed by atoms with van der Waals surface area (Å²) in [6, 6.07) is -4.82. The minimum Gasteiger partial charge on any atom is -0.481 e. The minimum atomic E-state index is -1.37. The molecule has 0 radical (unpaired) electrons. The van der Waals surface area contributed by atoms with E-state index < -0.39 is 60.2 Å². The molecule has 4 atom stereocenters. The molecule has 0 saturated carbocycles. The predicted octanol–water partition coefficient (Wildman–Crippen LogP) is -2.44. The van der Waals surface area contributed by atoms with Crippen molar-refractivity contribution in [1.82, 2.24) is 16.0 Å². The Morgan fingerprint density at radius 2 is 1.35 bits per heavy atom. The number of nitrogens with zero attached hydrogens (tertiary/aromatic N) is 1. The van der Waals surface area contributed by atoms with Gasteiger partial charge in [0.1, 0.15) is 18.1 Å². The maximum absolute atomic E-state index is 13.1. The zero-order valence-corrected chi connectivity index (χ0v) is 21.4. The molecule has 0 aromatic heterocycles. The summed E-state index contributed by atoms with van der Waals surface area (Å²) in [5, 5.41) is 25.8. The molecule has 0 saturated heterocycles. The zero-order valence-electron chi connectivity index (χ0n) is 21.4. The van der Waals surface area contributed by atoms with Crippen LogP contribution < -0.4 is 38.9 Å². The van der Waals surface area contributed by atoms with Crippen molar-refractivity contribution < 1.29 is 34.2 Å². The van der Waals surface area contributed by atoms with E-state index in [0.29, 0.717) is 19.4 Å². The van der Waals surface area contributed by atoms with E-state index in [1.807, 2.05) is 13.8 Å². The third-order valence-corrected chi connectivity index (χ3v) is 5.21. The van der Waals surface area contributed by atoms with Gasteiger partial charge in [-0.2, -0.15) is 0 Å². The molecule has 3 amide bonds. The summed E-state index contributed by atoms with van der Waals surface area (Å²) >= 11 is 0. The van der Waals surface area contributed by atoms with E-state index in [9.17, 15) is 29.1 Å². The number of aliphatic imine (C=N–C) groups is 1. The summed E-state index contributed by atoms with van der Waals surface area (Å²) in [7, 11) is 0. The van der Waals surface area contributed by atoms with Crippen molar-refractivity contribution in [3.63, 3.8) is 0 Å². The van der Waals surface area contributed by atoms with Crippen molar-refractivity contribution in [2.75, 3.05) is 13.1 Å². The molecule has 0 aliphatic rings. The summed E-state index contributed by atoms with van der Waals surface area (Å²) in [5.41, 5.74) is 21.7. The highest BCUT2D eigenvalue weighted by atomic mass is 16.4. The van der Waals surface area contributed by atoms with Gasteiger partial charge in [-0.3, -0.25) is 24.2 Å². The first-order valence-corrected chi connectivity index (χ1v) is 12.1. The number of guanidine groups is 1. The first-order valence-electron chi connectivity index (χ1n) is 12.1. The molecule has 0 aliphatic heterocycles. The van der Waals surface area contributed by atoms with E-state index in [-0.39, 0.29) is 44.1 Å². The average molecular weight is 531 g/mol. The summed E-state index contributed by atoms with van der Waals surface area (Å²) in [6.07, 6.45) is 1.12. The third-order valence-electron chi connectivity index (χ3n) is 5.21. The maximum Gasteiger partial charge on any atom is 0.326 e. The van der Waals surface area contributed by atoms with Gasteiger partial charge in [-0.25, -0.2) is 4.79 Å². The molecule has 4 unspecified atom stereocenters. The van der Waals surface area contributed by atoms with E-state index >= 15 is 0 Å². The van der Waals surface area contributed by atoms with E-state index in [4.69, 9.17) is 28.0 Å². The molecule has 15 heteroatoms. The smallest absolute Gasteiger partial charge is 0.326 e. The number of amides is 3. The quantitative estimate of drug-likeness (QED) is 0.0480. The summed E-state index contributed by atoms with van der Waals surface area (Å²) in [6.45, 7) is 4.16. The molecule has 0 aromatic rings. The Hall–Kier alpha value is -3.46. The standard InChI is InChI=1S/C22H42N8O7/c1-12(2)10-16(30-18(33)13(24)11-17(31)32)20(35)28-14(7-5-9-27-22(25)26)19(34)29-15(21(36)37)6-3-4-8-23/h12-16H,3-11,23-24H2,1-2H3,(H,28,35)(H,29,34)(H,30,33)(H,31,32)(H,36,37)(H4,25,26,27). The van der Waals surface area contributed by atoms with Crippen molar-refractivity contribution >= 4 is 35.6 Å². The second kappa shape index (κ2) is 17.9. The largest absolute Gasteiger partial charge is 0.481 e. The van der Waals surface area contributed by atoms with Crippen LogP contribution in [0.25, 0.3) is 0 Å². The molecule has 0 rings (SSSR count). The number of unbranched alkanes of at least 4 members (excludes halogenated alkanes) is 1. The first kappa shape index (κ1) is 33.5. The number of rotatable bonds is 19. The first-order chi connectivity index (χ1) is 17.3. The van der Waals surface area contributed by atoms with Gasteiger partial charge in [0.25, 0.3) is 0 Å². The van der Waals surface area contributed by atoms with Crippen molar-refractivity contribution in [1.29, 1.82) is 0 Å². The second-order valence-corrected chi connectivity index (χ2v) is 9.09. The third kappa shape index (κ3) is 15.3. The van der Waals surface area contributed by atoms with Crippen LogP contribution >= 0.6 is 0 Å². The van der Waals surface area contributed by atoms with Crippen LogP contribution in [0.3, 0.4) is 0 Å². The lowest BCUT2D eigenvalue weighted by molar-refractivity contribution is -0.142. The van der Waals surface area contributed by atoms with E-state index in [0.717, 1.165) is 0 Å². The van der Waals surface area contributed by atoms with Crippen LogP contribution in [-0.2, 0) is 24.0 Å². The molecule has 37 heavy (non-hydrogen) atoms. The van der Waals surface area contributed by atoms with Gasteiger partial charge >= 0.3 is 11.9 Å². The van der Waals surface area contributed by atoms with E-state index in [1.54, 1.807) is 0 Å². The van der Waals surface area contributed by atoms with Crippen LogP contribution in [0, 0.1) is 5.92 Å². The normalized spacial score (nSPS) is 14.1. The highest BCUT2D eigenvalue weighted by Gasteiger charge is 2.30. The van der Waals surface area contributed by atoms with Crippen LogP contribution in [0.2, 0.25) is 0 Å². The van der Waals surface area contributed by atoms with Gasteiger partial charge in [-0.1, -0.05) is 13.8 Å². The highest BCUT2D eigenvalue weighted by molar-refractivity contribution is 5.94. The molecule has 15 nitrogen and oxygen atoms in total. The van der Waals surface area contributed by atoms with Gasteiger partial charge in [0.05, 0.1) is 12.5 Å². The van der Waals surface area contributed by atoms with E-state index in [2.05, 4.69) is 20.9 Å². The lowest BCUT2D eigenvalue weighted by Crippen LogP contribution is -2.57. The van der Waals surface area contributed by atoms with Crippen molar-refractivity contribution in [2.45, 2.75) is 83.0 Å². The fourth-order valence-corrected chi connectivity index (χ4v) is 3.33. The Morgan fingerprint density at radius 3 is 1.86 bits per heavy atom. The predicted molar refractivity (Wildman–Crippen MR) is 136 cm³/mol. The van der Waals surface area contributed by atoms with Crippen LogP contribution in [0.4, 0.5) is 0 Å². The Labute approximate surface area is 216 Å². The summed E-state index contributed by atoms with van der Waals surface area (Å²) in [5.74, 6) is -4.97. The molecule has 0 aliphatic carbocycles. The number of carbonyl (C=O) groups is 5. The summed E-state index contributed by atoms with van der Waals surface area (Å²) < 4.78 is 0. The fraction of sp³-hybridized carbons (Fsp3) is 0.727. The zero-order chi connectivity index (χ0) is 28.5. The number of carbonyl (C=O) groups excluding carboxylic acids is 3. The number of nitrogens with two attached hydrogens (primary N) is 4. The van der Waals surface area contributed by atoms with Crippen molar-refractivity contribution in [3.8, 4) is 0 Å². The molecule has 13 N–H and O–H groups in total. The maximum atomic E-state index is 13.1. The minimum absolute atomic E-state index is 0.0557. The van der Waals surface area contributed by atoms with Crippen LogP contribution in [-0.4, -0.2) is 83.1 Å². The number of aliphatic carboxylic acids is 2. The number of hydrogen-bond donors (Lipinski definition) is 9. The molecule has 0 aromatic carbocycles. The average Bonchev–Trinajstić information content (AvgIpc) is 2.78. The number of hydrogen-bond acceptors (Lipinski definition) is 8. The molecule has 0 fully saturated rings. The van der Waals surface area contributed by atoms with Gasteiger partial charge < -0.3 is 49.1 Å². The molecular formula is C22H42N8O7. The van der Waals surface area contributed by atoms with Crippen molar-refractivity contribution in [2.24, 2.45) is 33.8 Å². The van der Waals surface area contributed by atoms with Crippen molar-refractivity contribution in [3.05, 3.63) is 0 Å². The lowest BCUT2D eigenvalue weighted by atomic mass is 10.0. The fourth-order valence-electron chi connectivity index (χ4n) is 3.33. The monoisotopic (exact) mass is 530 g/mol.